The number of benzene rings is 2. The summed E-state index contributed by atoms with van der Waals surface area (Å²) >= 11 is 0. The topological polar surface area (TPSA) is 104 Å². The molecule has 0 unspecified atom stereocenters. The number of ether oxygens (including phenoxy) is 5. The number of carbonyl (C=O) groups excluding carboxylic acids is 2. The van der Waals surface area contributed by atoms with Crippen LogP contribution in [0.25, 0.3) is 0 Å². The van der Waals surface area contributed by atoms with Gasteiger partial charge in [-0.1, -0.05) is 0 Å². The predicted octanol–water partition coefficient (Wildman–Crippen LogP) is 2.97. The van der Waals surface area contributed by atoms with Gasteiger partial charge in [-0.15, -0.1) is 0 Å². The number of hydrazine groups is 1. The molecule has 0 aromatic heterocycles. The fourth-order valence-corrected chi connectivity index (χ4v) is 2.76. The first-order chi connectivity index (χ1) is 15.0. The van der Waals surface area contributed by atoms with Crippen LogP contribution < -0.4 is 34.5 Å². The van der Waals surface area contributed by atoms with Crippen LogP contribution in [-0.2, 0) is 0 Å². The highest BCUT2D eigenvalue weighted by molar-refractivity contribution is 6.00. The van der Waals surface area contributed by atoms with Crippen LogP contribution in [0.5, 0.6) is 28.7 Å². The predicted molar refractivity (Wildman–Crippen MR) is 114 cm³/mol. The van der Waals surface area contributed by atoms with E-state index in [0.29, 0.717) is 48.6 Å². The van der Waals surface area contributed by atoms with Gasteiger partial charge >= 0.3 is 0 Å². The Morgan fingerprint density at radius 1 is 0.677 bits per heavy atom. The van der Waals surface area contributed by atoms with Gasteiger partial charge in [-0.3, -0.25) is 20.4 Å². The molecular formula is C22H28N2O7. The zero-order valence-corrected chi connectivity index (χ0v) is 18.4. The zero-order valence-electron chi connectivity index (χ0n) is 18.4. The minimum Gasteiger partial charge on any atom is -0.493 e. The number of carbonyl (C=O) groups is 2. The molecule has 0 aliphatic carbocycles. The molecule has 2 amide bonds. The van der Waals surface area contributed by atoms with Gasteiger partial charge in [0.2, 0.25) is 5.75 Å². The molecule has 0 spiro atoms. The lowest BCUT2D eigenvalue weighted by atomic mass is 10.1. The summed E-state index contributed by atoms with van der Waals surface area (Å²) in [6, 6.07) is 7.74. The van der Waals surface area contributed by atoms with Crippen molar-refractivity contribution in [3.05, 3.63) is 41.5 Å². The van der Waals surface area contributed by atoms with Crippen molar-refractivity contribution >= 4 is 11.8 Å². The van der Waals surface area contributed by atoms with E-state index in [0.717, 1.165) is 0 Å². The number of methoxy groups -OCH3 is 2. The summed E-state index contributed by atoms with van der Waals surface area (Å²) in [6.45, 7) is 6.67. The Balaban J connectivity index is 2.20. The summed E-state index contributed by atoms with van der Waals surface area (Å²) < 4.78 is 27.2. The van der Waals surface area contributed by atoms with E-state index in [1.165, 1.54) is 32.4 Å². The van der Waals surface area contributed by atoms with Crippen molar-refractivity contribution in [1.82, 2.24) is 10.9 Å². The van der Waals surface area contributed by atoms with E-state index in [9.17, 15) is 9.59 Å². The Hall–Kier alpha value is -3.62. The zero-order chi connectivity index (χ0) is 22.8. The number of nitrogens with one attached hydrogen (secondary N) is 2. The van der Waals surface area contributed by atoms with Gasteiger partial charge in [0.1, 0.15) is 0 Å². The Labute approximate surface area is 181 Å². The van der Waals surface area contributed by atoms with Crippen LogP contribution in [-0.4, -0.2) is 45.9 Å². The molecule has 2 aromatic rings. The molecule has 0 saturated heterocycles. The van der Waals surface area contributed by atoms with E-state index in [4.69, 9.17) is 23.7 Å². The second-order valence-corrected chi connectivity index (χ2v) is 6.08. The summed E-state index contributed by atoms with van der Waals surface area (Å²) in [5, 5.41) is 0. The number of rotatable bonds is 10. The SMILES string of the molecule is CCOc1cc(C(=O)NNC(=O)c2ccc(OC)c(OC)c2)cc(OCC)c1OCC. The molecule has 168 valence electrons. The lowest BCUT2D eigenvalue weighted by molar-refractivity contribution is 0.0846. The normalized spacial score (nSPS) is 10.1. The van der Waals surface area contributed by atoms with Gasteiger partial charge in [0.25, 0.3) is 11.8 Å². The van der Waals surface area contributed by atoms with E-state index in [2.05, 4.69) is 10.9 Å². The summed E-state index contributed by atoms with van der Waals surface area (Å²) in [4.78, 5) is 25.1. The Bertz CT molecular complexity index is 888. The summed E-state index contributed by atoms with van der Waals surface area (Å²) in [7, 11) is 2.97. The lowest BCUT2D eigenvalue weighted by Gasteiger charge is -2.17. The molecular weight excluding hydrogens is 404 g/mol. The van der Waals surface area contributed by atoms with Crippen LogP contribution in [0.4, 0.5) is 0 Å². The molecule has 0 bridgehead atoms. The Kier molecular flexibility index (Phi) is 8.80. The van der Waals surface area contributed by atoms with Gasteiger partial charge < -0.3 is 23.7 Å². The first-order valence-electron chi connectivity index (χ1n) is 9.88. The highest BCUT2D eigenvalue weighted by Crippen LogP contribution is 2.39. The molecule has 9 nitrogen and oxygen atoms in total. The van der Waals surface area contributed by atoms with E-state index in [1.807, 2.05) is 20.8 Å². The molecule has 2 N–H and O–H groups in total. The molecule has 0 atom stereocenters. The number of hydrogen-bond acceptors (Lipinski definition) is 7. The third-order valence-electron chi connectivity index (χ3n) is 4.11. The standard InChI is InChI=1S/C22H28N2O7/c1-6-29-18-12-15(13-19(30-7-2)20(18)31-8-3)22(26)24-23-21(25)14-9-10-16(27-4)17(11-14)28-5/h9-13H,6-8H2,1-5H3,(H,23,25)(H,24,26). The van der Waals surface area contributed by atoms with E-state index in [1.54, 1.807) is 12.1 Å². The van der Waals surface area contributed by atoms with Crippen molar-refractivity contribution in [1.29, 1.82) is 0 Å². The van der Waals surface area contributed by atoms with Crippen molar-refractivity contribution in [2.45, 2.75) is 20.8 Å². The summed E-state index contributed by atoms with van der Waals surface area (Å²) in [5.74, 6) is 1.02. The molecule has 0 heterocycles. The van der Waals surface area contributed by atoms with Gasteiger partial charge in [-0.25, -0.2) is 0 Å². The van der Waals surface area contributed by atoms with Gasteiger partial charge in [0.05, 0.1) is 34.0 Å². The largest absolute Gasteiger partial charge is 0.493 e. The Morgan fingerprint density at radius 2 is 1.16 bits per heavy atom. The van der Waals surface area contributed by atoms with Gasteiger partial charge in [-0.2, -0.15) is 0 Å². The monoisotopic (exact) mass is 432 g/mol. The van der Waals surface area contributed by atoms with E-state index < -0.39 is 11.8 Å². The van der Waals surface area contributed by atoms with Crippen LogP contribution >= 0.6 is 0 Å². The fraction of sp³-hybridized carbons (Fsp3) is 0.364. The lowest BCUT2D eigenvalue weighted by Crippen LogP contribution is -2.41. The minimum atomic E-state index is -0.543. The second kappa shape index (κ2) is 11.5. The highest BCUT2D eigenvalue weighted by atomic mass is 16.5. The summed E-state index contributed by atoms with van der Waals surface area (Å²) in [5.41, 5.74) is 5.30. The van der Waals surface area contributed by atoms with Crippen LogP contribution in [0, 0.1) is 0 Å². The minimum absolute atomic E-state index is 0.239. The maximum Gasteiger partial charge on any atom is 0.269 e. The maximum absolute atomic E-state index is 12.7. The first kappa shape index (κ1) is 23.7. The van der Waals surface area contributed by atoms with Crippen molar-refractivity contribution in [2.75, 3.05) is 34.0 Å². The molecule has 9 heteroatoms. The van der Waals surface area contributed by atoms with Crippen LogP contribution in [0.1, 0.15) is 41.5 Å². The molecule has 2 rings (SSSR count). The van der Waals surface area contributed by atoms with Gasteiger partial charge in [0.15, 0.2) is 23.0 Å². The molecule has 0 aliphatic rings. The van der Waals surface area contributed by atoms with Gasteiger partial charge in [0, 0.05) is 11.1 Å². The molecule has 2 aromatic carbocycles. The van der Waals surface area contributed by atoms with Crippen molar-refractivity contribution < 1.29 is 33.3 Å². The third-order valence-corrected chi connectivity index (χ3v) is 4.11. The quantitative estimate of drug-likeness (QED) is 0.556. The van der Waals surface area contributed by atoms with Crippen LogP contribution in [0.2, 0.25) is 0 Å². The number of hydrogen-bond donors (Lipinski definition) is 2. The molecule has 0 saturated carbocycles. The summed E-state index contributed by atoms with van der Waals surface area (Å²) in [6.07, 6.45) is 0. The highest BCUT2D eigenvalue weighted by Gasteiger charge is 2.19. The fourth-order valence-electron chi connectivity index (χ4n) is 2.76. The Morgan fingerprint density at radius 3 is 1.65 bits per heavy atom. The molecule has 31 heavy (non-hydrogen) atoms. The average Bonchev–Trinajstić information content (AvgIpc) is 2.78. The van der Waals surface area contributed by atoms with E-state index in [-0.39, 0.29) is 11.1 Å². The van der Waals surface area contributed by atoms with Gasteiger partial charge in [-0.05, 0) is 51.1 Å². The maximum atomic E-state index is 12.7. The molecule has 0 aliphatic heterocycles. The smallest absolute Gasteiger partial charge is 0.269 e. The third kappa shape index (κ3) is 5.94. The van der Waals surface area contributed by atoms with Crippen LogP contribution in [0.3, 0.4) is 0 Å². The van der Waals surface area contributed by atoms with E-state index >= 15 is 0 Å². The average molecular weight is 432 g/mol. The number of amides is 2. The molecule has 0 radical (unpaired) electrons. The van der Waals surface area contributed by atoms with Crippen LogP contribution in [0.15, 0.2) is 30.3 Å². The first-order valence-corrected chi connectivity index (χ1v) is 9.88. The van der Waals surface area contributed by atoms with Crippen molar-refractivity contribution in [3.8, 4) is 28.7 Å². The van der Waals surface area contributed by atoms with Crippen molar-refractivity contribution in [3.63, 3.8) is 0 Å². The van der Waals surface area contributed by atoms with Crippen molar-refractivity contribution in [2.24, 2.45) is 0 Å². The second-order valence-electron chi connectivity index (χ2n) is 6.08. The molecule has 0 fully saturated rings.